The summed E-state index contributed by atoms with van der Waals surface area (Å²) in [5, 5.41) is 14.4. The Morgan fingerprint density at radius 2 is 1.94 bits per heavy atom. The van der Waals surface area contributed by atoms with Crippen molar-refractivity contribution >= 4 is 12.0 Å². The van der Waals surface area contributed by atoms with Crippen LogP contribution in [0, 0.1) is 5.41 Å². The summed E-state index contributed by atoms with van der Waals surface area (Å²) in [6.07, 6.45) is 2.57. The van der Waals surface area contributed by atoms with Crippen LogP contribution in [0.3, 0.4) is 0 Å². The van der Waals surface area contributed by atoms with Crippen molar-refractivity contribution in [2.75, 3.05) is 6.54 Å². The standard InChI is InChI=1S/C12H22N2O3/c1-5-9(4)14-11(17)13-8-12(6-2,7-3)10(15)16/h5,9H,1,6-8H2,2-4H3,(H,15,16)(H2,13,14,17). The minimum absolute atomic E-state index is 0.130. The van der Waals surface area contributed by atoms with Crippen molar-refractivity contribution in [3.05, 3.63) is 12.7 Å². The van der Waals surface area contributed by atoms with Crippen molar-refractivity contribution < 1.29 is 14.7 Å². The largest absolute Gasteiger partial charge is 0.481 e. The molecule has 0 aromatic rings. The lowest BCUT2D eigenvalue weighted by molar-refractivity contribution is -0.149. The third-order valence-corrected chi connectivity index (χ3v) is 3.11. The van der Waals surface area contributed by atoms with Gasteiger partial charge in [0.15, 0.2) is 0 Å². The minimum atomic E-state index is -0.880. The molecular weight excluding hydrogens is 220 g/mol. The molecule has 2 amide bonds. The number of carbonyl (C=O) groups excluding carboxylic acids is 1. The molecule has 0 aliphatic carbocycles. The van der Waals surface area contributed by atoms with Gasteiger partial charge in [-0.25, -0.2) is 4.79 Å². The zero-order chi connectivity index (χ0) is 13.5. The lowest BCUT2D eigenvalue weighted by atomic mass is 9.82. The Kier molecular flexibility index (Phi) is 6.31. The Morgan fingerprint density at radius 3 is 2.29 bits per heavy atom. The van der Waals surface area contributed by atoms with Crippen LogP contribution in [-0.2, 0) is 4.79 Å². The Morgan fingerprint density at radius 1 is 1.41 bits per heavy atom. The van der Waals surface area contributed by atoms with E-state index in [0.29, 0.717) is 12.8 Å². The van der Waals surface area contributed by atoms with E-state index in [1.54, 1.807) is 13.0 Å². The second kappa shape index (κ2) is 6.93. The maximum atomic E-state index is 11.5. The summed E-state index contributed by atoms with van der Waals surface area (Å²) in [4.78, 5) is 22.6. The highest BCUT2D eigenvalue weighted by atomic mass is 16.4. The maximum Gasteiger partial charge on any atom is 0.315 e. The first-order valence-electron chi connectivity index (χ1n) is 5.82. The lowest BCUT2D eigenvalue weighted by Crippen LogP contribution is -2.47. The molecule has 98 valence electrons. The second-order valence-electron chi connectivity index (χ2n) is 4.14. The van der Waals surface area contributed by atoms with Crippen LogP contribution in [0.1, 0.15) is 33.6 Å². The molecule has 0 spiro atoms. The van der Waals surface area contributed by atoms with Gasteiger partial charge in [-0.2, -0.15) is 0 Å². The van der Waals surface area contributed by atoms with Crippen LogP contribution in [0.2, 0.25) is 0 Å². The SMILES string of the molecule is C=CC(C)NC(=O)NCC(CC)(CC)C(=O)O. The molecule has 5 nitrogen and oxygen atoms in total. The van der Waals surface area contributed by atoms with E-state index in [2.05, 4.69) is 17.2 Å². The number of urea groups is 1. The van der Waals surface area contributed by atoms with E-state index in [1.807, 2.05) is 13.8 Å². The predicted octanol–water partition coefficient (Wildman–Crippen LogP) is 1.75. The molecule has 0 saturated heterocycles. The van der Waals surface area contributed by atoms with Crippen LogP contribution in [0.25, 0.3) is 0 Å². The van der Waals surface area contributed by atoms with Gasteiger partial charge in [-0.3, -0.25) is 4.79 Å². The average molecular weight is 242 g/mol. The summed E-state index contributed by atoms with van der Waals surface area (Å²) in [5.74, 6) is -0.875. The van der Waals surface area contributed by atoms with Gasteiger partial charge < -0.3 is 15.7 Å². The van der Waals surface area contributed by atoms with Gasteiger partial charge in [0.1, 0.15) is 0 Å². The number of hydrogen-bond acceptors (Lipinski definition) is 2. The lowest BCUT2D eigenvalue weighted by Gasteiger charge is -2.27. The molecule has 0 aromatic carbocycles. The van der Waals surface area contributed by atoms with Crippen LogP contribution in [-0.4, -0.2) is 29.7 Å². The number of amides is 2. The molecule has 17 heavy (non-hydrogen) atoms. The van der Waals surface area contributed by atoms with Gasteiger partial charge in [0.05, 0.1) is 5.41 Å². The molecule has 0 fully saturated rings. The molecule has 0 rings (SSSR count). The van der Waals surface area contributed by atoms with Gasteiger partial charge in [-0.15, -0.1) is 6.58 Å². The zero-order valence-corrected chi connectivity index (χ0v) is 10.7. The van der Waals surface area contributed by atoms with Gasteiger partial charge in [0.2, 0.25) is 0 Å². The van der Waals surface area contributed by atoms with Crippen molar-refractivity contribution in [1.82, 2.24) is 10.6 Å². The predicted molar refractivity (Wildman–Crippen MR) is 66.8 cm³/mol. The number of rotatable bonds is 7. The van der Waals surface area contributed by atoms with E-state index in [-0.39, 0.29) is 18.6 Å². The summed E-state index contributed by atoms with van der Waals surface area (Å²) < 4.78 is 0. The first-order chi connectivity index (χ1) is 7.91. The monoisotopic (exact) mass is 242 g/mol. The molecular formula is C12H22N2O3. The summed E-state index contributed by atoms with van der Waals surface area (Å²) in [6, 6.07) is -0.512. The van der Waals surface area contributed by atoms with Crippen LogP contribution in [0.15, 0.2) is 12.7 Å². The topological polar surface area (TPSA) is 78.4 Å². The Balaban J connectivity index is 4.36. The molecule has 0 heterocycles. The van der Waals surface area contributed by atoms with Gasteiger partial charge in [0.25, 0.3) is 0 Å². The van der Waals surface area contributed by atoms with Crippen LogP contribution >= 0.6 is 0 Å². The smallest absolute Gasteiger partial charge is 0.315 e. The Hall–Kier alpha value is -1.52. The van der Waals surface area contributed by atoms with E-state index >= 15 is 0 Å². The van der Waals surface area contributed by atoms with Gasteiger partial charge >= 0.3 is 12.0 Å². The fourth-order valence-corrected chi connectivity index (χ4v) is 1.44. The normalized spacial score (nSPS) is 12.6. The van der Waals surface area contributed by atoms with Crippen LogP contribution in [0.4, 0.5) is 4.79 Å². The van der Waals surface area contributed by atoms with Crippen molar-refractivity contribution in [2.24, 2.45) is 5.41 Å². The highest BCUT2D eigenvalue weighted by Crippen LogP contribution is 2.25. The third-order valence-electron chi connectivity index (χ3n) is 3.11. The molecule has 1 atom stereocenters. The number of carbonyl (C=O) groups is 2. The average Bonchev–Trinajstić information content (AvgIpc) is 2.30. The second-order valence-corrected chi connectivity index (χ2v) is 4.14. The maximum absolute atomic E-state index is 11.5. The highest BCUT2D eigenvalue weighted by molar-refractivity contribution is 5.78. The zero-order valence-electron chi connectivity index (χ0n) is 10.7. The third kappa shape index (κ3) is 4.46. The highest BCUT2D eigenvalue weighted by Gasteiger charge is 2.35. The fraction of sp³-hybridized carbons (Fsp3) is 0.667. The molecule has 5 heteroatoms. The quantitative estimate of drug-likeness (QED) is 0.595. The summed E-state index contributed by atoms with van der Waals surface area (Å²) in [7, 11) is 0. The number of hydrogen-bond donors (Lipinski definition) is 3. The molecule has 0 aliphatic rings. The van der Waals surface area contributed by atoms with E-state index in [4.69, 9.17) is 0 Å². The number of aliphatic carboxylic acids is 1. The first-order valence-corrected chi connectivity index (χ1v) is 5.82. The van der Waals surface area contributed by atoms with E-state index in [1.165, 1.54) is 0 Å². The summed E-state index contributed by atoms with van der Waals surface area (Å²) >= 11 is 0. The summed E-state index contributed by atoms with van der Waals surface area (Å²) in [6.45, 7) is 9.08. The van der Waals surface area contributed by atoms with Gasteiger partial charge in [-0.1, -0.05) is 19.9 Å². The van der Waals surface area contributed by atoms with Crippen molar-refractivity contribution in [3.63, 3.8) is 0 Å². The molecule has 0 bridgehead atoms. The summed E-state index contributed by atoms with van der Waals surface area (Å²) in [5.41, 5.74) is -0.880. The minimum Gasteiger partial charge on any atom is -0.481 e. The van der Waals surface area contributed by atoms with Crippen molar-refractivity contribution in [2.45, 2.75) is 39.7 Å². The molecule has 1 unspecified atom stereocenters. The first kappa shape index (κ1) is 15.5. The number of nitrogens with one attached hydrogen (secondary N) is 2. The van der Waals surface area contributed by atoms with Gasteiger partial charge in [-0.05, 0) is 19.8 Å². The molecule has 0 saturated carbocycles. The van der Waals surface area contributed by atoms with Crippen molar-refractivity contribution in [3.8, 4) is 0 Å². The number of carboxylic acids is 1. The fourth-order valence-electron chi connectivity index (χ4n) is 1.44. The molecule has 0 aromatic heterocycles. The van der Waals surface area contributed by atoms with Crippen LogP contribution < -0.4 is 10.6 Å². The van der Waals surface area contributed by atoms with E-state index in [9.17, 15) is 14.7 Å². The van der Waals surface area contributed by atoms with Crippen molar-refractivity contribution in [1.29, 1.82) is 0 Å². The number of carboxylic acid groups (broad SMARTS) is 1. The van der Waals surface area contributed by atoms with Crippen LogP contribution in [0.5, 0.6) is 0 Å². The van der Waals surface area contributed by atoms with E-state index in [0.717, 1.165) is 0 Å². The van der Waals surface area contributed by atoms with Gasteiger partial charge in [0, 0.05) is 12.6 Å². The Labute approximate surface area is 102 Å². The molecule has 0 aliphatic heterocycles. The van der Waals surface area contributed by atoms with E-state index < -0.39 is 11.4 Å². The molecule has 3 N–H and O–H groups in total. The Bertz CT molecular complexity index is 285. The molecule has 0 radical (unpaired) electrons.